The lowest BCUT2D eigenvalue weighted by atomic mass is 10.3. The van der Waals surface area contributed by atoms with Crippen molar-refractivity contribution in [1.29, 1.82) is 0 Å². The number of ether oxygens (including phenoxy) is 1. The van der Waals surface area contributed by atoms with Crippen molar-refractivity contribution in [3.8, 4) is 5.75 Å². The van der Waals surface area contributed by atoms with E-state index in [9.17, 15) is 9.18 Å². The van der Waals surface area contributed by atoms with Crippen LogP contribution in [0.2, 0.25) is 0 Å². The Morgan fingerprint density at radius 3 is 2.95 bits per heavy atom. The first kappa shape index (κ1) is 13.4. The predicted molar refractivity (Wildman–Crippen MR) is 69.2 cm³/mol. The van der Waals surface area contributed by atoms with Crippen LogP contribution in [0.5, 0.6) is 5.75 Å². The van der Waals surface area contributed by atoms with E-state index < -0.39 is 11.7 Å². The molecule has 0 saturated heterocycles. The van der Waals surface area contributed by atoms with E-state index in [4.69, 9.17) is 10.6 Å². The number of aryl methyl sites for hydroxylation is 1. The molecule has 0 fully saturated rings. The second kappa shape index (κ2) is 5.77. The smallest absolute Gasteiger partial charge is 0.277 e. The minimum Gasteiger partial charge on any atom is -0.483 e. The van der Waals surface area contributed by atoms with Crippen LogP contribution in [0, 0.1) is 12.7 Å². The molecule has 0 saturated carbocycles. The number of carbonyl (C=O) groups excluding carboxylic acids is 1. The van der Waals surface area contributed by atoms with Crippen LogP contribution in [0.15, 0.2) is 24.3 Å². The van der Waals surface area contributed by atoms with Gasteiger partial charge >= 0.3 is 0 Å². The van der Waals surface area contributed by atoms with Gasteiger partial charge in [-0.3, -0.25) is 10.2 Å². The SMILES string of the molecule is Cc1nc(COc2ccccc2F)sc1C(=O)NN. The maximum atomic E-state index is 13.3. The summed E-state index contributed by atoms with van der Waals surface area (Å²) in [6, 6.07) is 6.11. The van der Waals surface area contributed by atoms with E-state index in [0.717, 1.165) is 0 Å². The van der Waals surface area contributed by atoms with Crippen LogP contribution in [0.25, 0.3) is 0 Å². The van der Waals surface area contributed by atoms with Crippen molar-refractivity contribution in [2.24, 2.45) is 5.84 Å². The number of hydrogen-bond acceptors (Lipinski definition) is 5. The van der Waals surface area contributed by atoms with Gasteiger partial charge in [-0.05, 0) is 19.1 Å². The molecule has 0 aliphatic heterocycles. The van der Waals surface area contributed by atoms with Crippen LogP contribution in [-0.2, 0) is 6.61 Å². The summed E-state index contributed by atoms with van der Waals surface area (Å²) < 4.78 is 18.7. The van der Waals surface area contributed by atoms with E-state index in [1.807, 2.05) is 5.43 Å². The molecule has 0 aliphatic rings. The molecule has 7 heteroatoms. The molecule has 2 aromatic rings. The maximum Gasteiger partial charge on any atom is 0.277 e. The molecule has 5 nitrogen and oxygen atoms in total. The number of carbonyl (C=O) groups is 1. The number of para-hydroxylation sites is 1. The average Bonchev–Trinajstić information content (AvgIpc) is 2.78. The van der Waals surface area contributed by atoms with Crippen molar-refractivity contribution in [3.05, 3.63) is 45.7 Å². The standard InChI is InChI=1S/C12H12FN3O2S/c1-7-11(12(17)16-14)19-10(15-7)6-18-9-5-3-2-4-8(9)13/h2-5H,6,14H2,1H3,(H,16,17). The quantitative estimate of drug-likeness (QED) is 0.508. The van der Waals surface area contributed by atoms with Crippen molar-refractivity contribution >= 4 is 17.2 Å². The molecular formula is C12H12FN3O2S. The fourth-order valence-corrected chi connectivity index (χ4v) is 2.37. The summed E-state index contributed by atoms with van der Waals surface area (Å²) in [5, 5.41) is 0.583. The molecule has 1 aromatic carbocycles. The van der Waals surface area contributed by atoms with Crippen LogP contribution < -0.4 is 16.0 Å². The van der Waals surface area contributed by atoms with Crippen molar-refractivity contribution in [3.63, 3.8) is 0 Å². The van der Waals surface area contributed by atoms with Crippen molar-refractivity contribution < 1.29 is 13.9 Å². The highest BCUT2D eigenvalue weighted by Gasteiger charge is 2.14. The number of rotatable bonds is 4. The van der Waals surface area contributed by atoms with Gasteiger partial charge in [0.15, 0.2) is 11.6 Å². The van der Waals surface area contributed by atoms with Crippen molar-refractivity contribution in [2.45, 2.75) is 13.5 Å². The van der Waals surface area contributed by atoms with E-state index >= 15 is 0 Å². The van der Waals surface area contributed by atoms with Gasteiger partial charge in [-0.2, -0.15) is 0 Å². The fraction of sp³-hybridized carbons (Fsp3) is 0.167. The molecule has 0 aliphatic carbocycles. The van der Waals surface area contributed by atoms with Gasteiger partial charge in [-0.15, -0.1) is 11.3 Å². The molecule has 3 N–H and O–H groups in total. The Morgan fingerprint density at radius 1 is 1.53 bits per heavy atom. The Bertz CT molecular complexity index is 600. The summed E-state index contributed by atoms with van der Waals surface area (Å²) in [5.74, 6) is 4.39. The highest BCUT2D eigenvalue weighted by Crippen LogP contribution is 2.21. The summed E-state index contributed by atoms with van der Waals surface area (Å²) in [6.45, 7) is 1.80. The number of nitrogen functional groups attached to an aromatic ring is 1. The number of halogens is 1. The van der Waals surface area contributed by atoms with Gasteiger partial charge < -0.3 is 4.74 Å². The lowest BCUT2D eigenvalue weighted by Crippen LogP contribution is -2.29. The van der Waals surface area contributed by atoms with Crippen LogP contribution in [0.1, 0.15) is 20.4 Å². The van der Waals surface area contributed by atoms with Gasteiger partial charge in [0, 0.05) is 0 Å². The molecule has 0 unspecified atom stereocenters. The number of nitrogens with two attached hydrogens (primary N) is 1. The Balaban J connectivity index is 2.09. The minimum atomic E-state index is -0.435. The van der Waals surface area contributed by atoms with Gasteiger partial charge in [-0.25, -0.2) is 15.2 Å². The number of nitrogens with zero attached hydrogens (tertiary/aromatic N) is 1. The van der Waals surface area contributed by atoms with E-state index in [1.54, 1.807) is 19.1 Å². The Labute approximate surface area is 113 Å². The van der Waals surface area contributed by atoms with Crippen molar-refractivity contribution in [2.75, 3.05) is 0 Å². The van der Waals surface area contributed by atoms with Gasteiger partial charge in [-0.1, -0.05) is 12.1 Å². The minimum absolute atomic E-state index is 0.101. The van der Waals surface area contributed by atoms with Crippen LogP contribution in [0.4, 0.5) is 4.39 Å². The van der Waals surface area contributed by atoms with Crippen LogP contribution in [-0.4, -0.2) is 10.9 Å². The topological polar surface area (TPSA) is 77.2 Å². The molecule has 0 bridgehead atoms. The second-order valence-electron chi connectivity index (χ2n) is 3.71. The number of hydrazine groups is 1. The number of nitrogens with one attached hydrogen (secondary N) is 1. The molecule has 0 atom stereocenters. The van der Waals surface area contributed by atoms with Gasteiger partial charge in [0.2, 0.25) is 0 Å². The largest absolute Gasteiger partial charge is 0.483 e. The number of benzene rings is 1. The first-order valence-corrected chi connectivity index (χ1v) is 6.28. The number of aromatic nitrogens is 1. The summed E-state index contributed by atoms with van der Waals surface area (Å²) in [5.41, 5.74) is 2.62. The van der Waals surface area contributed by atoms with Crippen LogP contribution >= 0.6 is 11.3 Å². The van der Waals surface area contributed by atoms with E-state index in [-0.39, 0.29) is 12.4 Å². The van der Waals surface area contributed by atoms with Gasteiger partial charge in [0.1, 0.15) is 16.5 Å². The monoisotopic (exact) mass is 281 g/mol. The molecule has 1 aromatic heterocycles. The third kappa shape index (κ3) is 3.07. The maximum absolute atomic E-state index is 13.3. The van der Waals surface area contributed by atoms with E-state index in [2.05, 4.69) is 4.98 Å². The number of thiazole rings is 1. The normalized spacial score (nSPS) is 10.3. The predicted octanol–water partition coefficient (Wildman–Crippen LogP) is 1.77. The van der Waals surface area contributed by atoms with E-state index in [1.165, 1.54) is 23.5 Å². The molecule has 2 rings (SSSR count). The Morgan fingerprint density at radius 2 is 2.26 bits per heavy atom. The second-order valence-corrected chi connectivity index (χ2v) is 4.80. The zero-order valence-corrected chi connectivity index (χ0v) is 11.0. The molecule has 1 heterocycles. The zero-order chi connectivity index (χ0) is 13.8. The average molecular weight is 281 g/mol. The first-order valence-electron chi connectivity index (χ1n) is 5.46. The number of amides is 1. The Kier molecular flexibility index (Phi) is 4.08. The zero-order valence-electron chi connectivity index (χ0n) is 10.1. The number of hydrogen-bond donors (Lipinski definition) is 2. The summed E-state index contributed by atoms with van der Waals surface area (Å²) >= 11 is 1.17. The van der Waals surface area contributed by atoms with E-state index in [0.29, 0.717) is 15.6 Å². The summed E-state index contributed by atoms with van der Waals surface area (Å²) in [7, 11) is 0. The lowest BCUT2D eigenvalue weighted by molar-refractivity contribution is 0.0957. The summed E-state index contributed by atoms with van der Waals surface area (Å²) in [6.07, 6.45) is 0. The highest BCUT2D eigenvalue weighted by molar-refractivity contribution is 7.13. The lowest BCUT2D eigenvalue weighted by Gasteiger charge is -2.04. The van der Waals surface area contributed by atoms with Gasteiger partial charge in [0.25, 0.3) is 5.91 Å². The first-order chi connectivity index (χ1) is 9.11. The summed E-state index contributed by atoms with van der Waals surface area (Å²) in [4.78, 5) is 16.0. The molecule has 0 spiro atoms. The Hall–Kier alpha value is -1.99. The molecular weight excluding hydrogens is 269 g/mol. The fourth-order valence-electron chi connectivity index (χ4n) is 1.49. The molecule has 100 valence electrons. The highest BCUT2D eigenvalue weighted by atomic mass is 32.1. The molecule has 19 heavy (non-hydrogen) atoms. The van der Waals surface area contributed by atoms with Crippen molar-refractivity contribution in [1.82, 2.24) is 10.4 Å². The van der Waals surface area contributed by atoms with Crippen LogP contribution in [0.3, 0.4) is 0 Å². The molecule has 1 amide bonds. The van der Waals surface area contributed by atoms with Gasteiger partial charge in [0.05, 0.1) is 5.69 Å². The third-order valence-corrected chi connectivity index (χ3v) is 3.50. The third-order valence-electron chi connectivity index (χ3n) is 2.37. The molecule has 0 radical (unpaired) electrons.